The van der Waals surface area contributed by atoms with Gasteiger partial charge in [0.15, 0.2) is 0 Å². The lowest BCUT2D eigenvalue weighted by molar-refractivity contribution is -0.384. The Kier molecular flexibility index (Phi) is 5.34. The Hall–Kier alpha value is -1.42. The van der Waals surface area contributed by atoms with Gasteiger partial charge in [0.25, 0.3) is 5.69 Å². The molecule has 0 unspecified atom stereocenters. The maximum Gasteiger partial charge on any atom is 0.269 e. The zero-order chi connectivity index (χ0) is 15.3. The molecular formula is C17H26N2O2. The lowest BCUT2D eigenvalue weighted by atomic mass is 9.73. The van der Waals surface area contributed by atoms with Gasteiger partial charge in [0.2, 0.25) is 0 Å². The molecule has 0 radical (unpaired) electrons. The summed E-state index contributed by atoms with van der Waals surface area (Å²) in [5.41, 5.74) is 7.79. The van der Waals surface area contributed by atoms with Crippen LogP contribution in [0.1, 0.15) is 57.4 Å². The first-order valence-electron chi connectivity index (χ1n) is 8.04. The molecule has 1 aliphatic rings. The number of nitro benzene ring substituents is 1. The first kappa shape index (κ1) is 16.0. The number of rotatable bonds is 6. The highest BCUT2D eigenvalue weighted by molar-refractivity contribution is 5.33. The van der Waals surface area contributed by atoms with Gasteiger partial charge in [-0.05, 0) is 50.0 Å². The van der Waals surface area contributed by atoms with Gasteiger partial charge in [0.05, 0.1) is 4.92 Å². The molecule has 0 saturated heterocycles. The van der Waals surface area contributed by atoms with E-state index in [1.54, 1.807) is 12.1 Å². The van der Waals surface area contributed by atoms with Crippen molar-refractivity contribution in [3.8, 4) is 0 Å². The Morgan fingerprint density at radius 2 is 1.90 bits per heavy atom. The minimum absolute atomic E-state index is 0.0357. The summed E-state index contributed by atoms with van der Waals surface area (Å²) in [5, 5.41) is 10.6. The SMILES string of the molecule is CCCC1CCC(N)(CCc2ccc([N+](=O)[O-])cc2)CC1. The van der Waals surface area contributed by atoms with Crippen molar-refractivity contribution < 1.29 is 4.92 Å². The minimum Gasteiger partial charge on any atom is -0.325 e. The second-order valence-corrected chi connectivity index (χ2v) is 6.52. The summed E-state index contributed by atoms with van der Waals surface area (Å²) in [6.07, 6.45) is 9.23. The highest BCUT2D eigenvalue weighted by Gasteiger charge is 2.30. The third kappa shape index (κ3) is 4.53. The number of nitrogens with zero attached hydrogens (tertiary/aromatic N) is 1. The summed E-state index contributed by atoms with van der Waals surface area (Å²) in [6.45, 7) is 2.25. The molecule has 1 aromatic carbocycles. The quantitative estimate of drug-likeness (QED) is 0.630. The van der Waals surface area contributed by atoms with Gasteiger partial charge in [-0.25, -0.2) is 0 Å². The molecule has 4 nitrogen and oxygen atoms in total. The van der Waals surface area contributed by atoms with Crippen LogP contribution in [0.2, 0.25) is 0 Å². The van der Waals surface area contributed by atoms with E-state index in [1.165, 1.54) is 25.7 Å². The molecule has 1 saturated carbocycles. The fourth-order valence-corrected chi connectivity index (χ4v) is 3.38. The van der Waals surface area contributed by atoms with Crippen molar-refractivity contribution in [1.82, 2.24) is 0 Å². The van der Waals surface area contributed by atoms with Gasteiger partial charge in [-0.1, -0.05) is 31.9 Å². The largest absolute Gasteiger partial charge is 0.325 e. The van der Waals surface area contributed by atoms with E-state index in [0.29, 0.717) is 0 Å². The van der Waals surface area contributed by atoms with Gasteiger partial charge in [0, 0.05) is 17.7 Å². The lowest BCUT2D eigenvalue weighted by Gasteiger charge is -2.37. The second kappa shape index (κ2) is 7.03. The van der Waals surface area contributed by atoms with Crippen LogP contribution in [0.4, 0.5) is 5.69 Å². The molecule has 0 heterocycles. The van der Waals surface area contributed by atoms with E-state index in [0.717, 1.165) is 37.2 Å². The number of aryl methyl sites for hydroxylation is 1. The first-order chi connectivity index (χ1) is 10.0. The van der Waals surface area contributed by atoms with Gasteiger partial charge < -0.3 is 5.73 Å². The first-order valence-corrected chi connectivity index (χ1v) is 8.04. The normalized spacial score (nSPS) is 25.7. The highest BCUT2D eigenvalue weighted by atomic mass is 16.6. The van der Waals surface area contributed by atoms with Crippen LogP contribution in [-0.2, 0) is 6.42 Å². The summed E-state index contributed by atoms with van der Waals surface area (Å²) in [5.74, 6) is 0.867. The molecule has 1 aliphatic carbocycles. The fraction of sp³-hybridized carbons (Fsp3) is 0.647. The average Bonchev–Trinajstić information content (AvgIpc) is 2.49. The van der Waals surface area contributed by atoms with E-state index in [9.17, 15) is 10.1 Å². The van der Waals surface area contributed by atoms with Crippen LogP contribution in [0.15, 0.2) is 24.3 Å². The molecule has 21 heavy (non-hydrogen) atoms. The lowest BCUT2D eigenvalue weighted by Crippen LogP contribution is -2.43. The second-order valence-electron chi connectivity index (χ2n) is 6.52. The summed E-state index contributed by atoms with van der Waals surface area (Å²) >= 11 is 0. The van der Waals surface area contributed by atoms with Gasteiger partial charge in [0.1, 0.15) is 0 Å². The third-order valence-corrected chi connectivity index (χ3v) is 4.86. The van der Waals surface area contributed by atoms with Crippen molar-refractivity contribution in [3.63, 3.8) is 0 Å². The number of nitro groups is 1. The van der Waals surface area contributed by atoms with Crippen LogP contribution in [0.5, 0.6) is 0 Å². The Morgan fingerprint density at radius 1 is 1.29 bits per heavy atom. The van der Waals surface area contributed by atoms with E-state index >= 15 is 0 Å². The predicted octanol–water partition coefficient (Wildman–Crippen LogP) is 4.22. The predicted molar refractivity (Wildman–Crippen MR) is 85.2 cm³/mol. The summed E-state index contributed by atoms with van der Waals surface area (Å²) in [7, 11) is 0. The monoisotopic (exact) mass is 290 g/mol. The molecule has 0 spiro atoms. The van der Waals surface area contributed by atoms with Gasteiger partial charge in [-0.2, -0.15) is 0 Å². The number of benzene rings is 1. The maximum atomic E-state index is 10.6. The smallest absolute Gasteiger partial charge is 0.269 e. The van der Waals surface area contributed by atoms with Crippen LogP contribution in [0.25, 0.3) is 0 Å². The van der Waals surface area contributed by atoms with Crippen molar-refractivity contribution in [2.45, 2.75) is 63.8 Å². The molecule has 1 fully saturated rings. The van der Waals surface area contributed by atoms with E-state index in [2.05, 4.69) is 6.92 Å². The molecule has 0 amide bonds. The highest BCUT2D eigenvalue weighted by Crippen LogP contribution is 2.35. The van der Waals surface area contributed by atoms with Crippen molar-refractivity contribution in [2.75, 3.05) is 0 Å². The molecule has 4 heteroatoms. The number of hydrogen-bond acceptors (Lipinski definition) is 3. The molecule has 0 aromatic heterocycles. The van der Waals surface area contributed by atoms with Crippen LogP contribution in [0.3, 0.4) is 0 Å². The fourth-order valence-electron chi connectivity index (χ4n) is 3.38. The standard InChI is InChI=1S/C17H26N2O2/c1-2-3-14-8-11-17(18,12-9-14)13-10-15-4-6-16(7-5-15)19(20)21/h4-7,14H,2-3,8-13,18H2,1H3. The number of non-ortho nitro benzene ring substituents is 1. The van der Waals surface area contributed by atoms with Crippen LogP contribution >= 0.6 is 0 Å². The van der Waals surface area contributed by atoms with Crippen LogP contribution < -0.4 is 5.73 Å². The molecule has 116 valence electrons. The average molecular weight is 290 g/mol. The third-order valence-electron chi connectivity index (χ3n) is 4.86. The summed E-state index contributed by atoms with van der Waals surface area (Å²) < 4.78 is 0. The summed E-state index contributed by atoms with van der Waals surface area (Å²) in [4.78, 5) is 10.3. The topological polar surface area (TPSA) is 69.2 Å². The Balaban J connectivity index is 1.83. The molecule has 0 aliphatic heterocycles. The number of nitrogens with two attached hydrogens (primary N) is 1. The Morgan fingerprint density at radius 3 is 2.43 bits per heavy atom. The van der Waals surface area contributed by atoms with Crippen molar-refractivity contribution >= 4 is 5.69 Å². The van der Waals surface area contributed by atoms with Crippen molar-refractivity contribution in [3.05, 3.63) is 39.9 Å². The summed E-state index contributed by atoms with van der Waals surface area (Å²) in [6, 6.07) is 6.86. The van der Waals surface area contributed by atoms with E-state index in [4.69, 9.17) is 5.73 Å². The maximum absolute atomic E-state index is 10.6. The van der Waals surface area contributed by atoms with Crippen molar-refractivity contribution in [1.29, 1.82) is 0 Å². The zero-order valence-corrected chi connectivity index (χ0v) is 12.9. The van der Waals surface area contributed by atoms with Gasteiger partial charge in [-0.15, -0.1) is 0 Å². The van der Waals surface area contributed by atoms with Crippen LogP contribution in [-0.4, -0.2) is 10.5 Å². The van der Waals surface area contributed by atoms with Crippen LogP contribution in [0, 0.1) is 16.0 Å². The number of hydrogen-bond donors (Lipinski definition) is 1. The molecule has 1 aromatic rings. The van der Waals surface area contributed by atoms with Crippen molar-refractivity contribution in [2.24, 2.45) is 11.7 Å². The molecule has 2 rings (SSSR count). The van der Waals surface area contributed by atoms with Gasteiger partial charge >= 0.3 is 0 Å². The van der Waals surface area contributed by atoms with E-state index < -0.39 is 0 Å². The molecular weight excluding hydrogens is 264 g/mol. The zero-order valence-electron chi connectivity index (χ0n) is 12.9. The van der Waals surface area contributed by atoms with Gasteiger partial charge in [-0.3, -0.25) is 10.1 Å². The Labute approximate surface area is 126 Å². The molecule has 2 N–H and O–H groups in total. The molecule has 0 atom stereocenters. The van der Waals surface area contributed by atoms with E-state index in [-0.39, 0.29) is 16.1 Å². The Bertz CT molecular complexity index is 462. The molecule has 0 bridgehead atoms. The minimum atomic E-state index is -0.358. The van der Waals surface area contributed by atoms with E-state index in [1.807, 2.05) is 12.1 Å².